The van der Waals surface area contributed by atoms with Gasteiger partial charge in [-0.1, -0.05) is 6.92 Å². The molecule has 1 saturated heterocycles. The Bertz CT molecular complexity index is 309. The minimum absolute atomic E-state index is 0.0408. The van der Waals surface area contributed by atoms with Gasteiger partial charge in [-0.2, -0.15) is 10.5 Å². The number of allylic oxidation sites excluding steroid dienone is 1. The summed E-state index contributed by atoms with van der Waals surface area (Å²) in [5.74, 6) is -0.0408. The van der Waals surface area contributed by atoms with E-state index in [1.807, 2.05) is 0 Å². The summed E-state index contributed by atoms with van der Waals surface area (Å²) in [6.45, 7) is 2.22. The average molecular weight is 194 g/mol. The Morgan fingerprint density at radius 2 is 1.93 bits per heavy atom. The number of rotatable bonds is 1. The van der Waals surface area contributed by atoms with Gasteiger partial charge >= 0.3 is 5.95 Å². The Morgan fingerprint density at radius 1 is 1.43 bits per heavy atom. The zero-order valence-electron chi connectivity index (χ0n) is 7.78. The Balaban J connectivity index is 2.74. The van der Waals surface area contributed by atoms with Crippen molar-refractivity contribution < 1.29 is 14.6 Å². The number of hydrogen-bond acceptors (Lipinski definition) is 5. The standard InChI is InChI=1S/C9H10N2O3/c1-9(4-12)5-13-8(14-6-9)7(2-10)3-11/h12H,4-6H2,1H3. The van der Waals surface area contributed by atoms with Crippen LogP contribution in [0.15, 0.2) is 11.5 Å². The smallest absolute Gasteiger partial charge is 0.309 e. The van der Waals surface area contributed by atoms with Gasteiger partial charge in [0.25, 0.3) is 0 Å². The molecule has 1 fully saturated rings. The molecule has 1 rings (SSSR count). The van der Waals surface area contributed by atoms with Gasteiger partial charge in [-0.3, -0.25) is 0 Å². The summed E-state index contributed by atoms with van der Waals surface area (Å²) in [6, 6.07) is 3.35. The van der Waals surface area contributed by atoms with Gasteiger partial charge < -0.3 is 14.6 Å². The van der Waals surface area contributed by atoms with Crippen molar-refractivity contribution in [3.8, 4) is 12.1 Å². The van der Waals surface area contributed by atoms with Crippen LogP contribution >= 0.6 is 0 Å². The molecule has 1 aliphatic rings. The van der Waals surface area contributed by atoms with Crippen molar-refractivity contribution in [1.29, 1.82) is 10.5 Å². The fraction of sp³-hybridized carbons (Fsp3) is 0.556. The second-order valence-electron chi connectivity index (χ2n) is 3.43. The van der Waals surface area contributed by atoms with E-state index < -0.39 is 5.41 Å². The van der Waals surface area contributed by atoms with Crippen molar-refractivity contribution in [3.63, 3.8) is 0 Å². The highest BCUT2D eigenvalue weighted by Crippen LogP contribution is 2.26. The van der Waals surface area contributed by atoms with Crippen LogP contribution in [0.3, 0.4) is 0 Å². The maximum Gasteiger partial charge on any atom is 0.309 e. The minimum atomic E-state index is -0.459. The van der Waals surface area contributed by atoms with Gasteiger partial charge in [0.15, 0.2) is 0 Å². The van der Waals surface area contributed by atoms with E-state index in [1.165, 1.54) is 0 Å². The minimum Gasteiger partial charge on any atom is -0.463 e. The first-order chi connectivity index (χ1) is 6.65. The largest absolute Gasteiger partial charge is 0.463 e. The van der Waals surface area contributed by atoms with Gasteiger partial charge in [-0.05, 0) is 0 Å². The number of aliphatic hydroxyl groups excluding tert-OH is 1. The Hall–Kier alpha value is -1.72. The molecule has 0 saturated carbocycles. The van der Waals surface area contributed by atoms with Crippen molar-refractivity contribution in [3.05, 3.63) is 11.5 Å². The topological polar surface area (TPSA) is 86.3 Å². The fourth-order valence-corrected chi connectivity index (χ4v) is 0.915. The normalized spacial score (nSPS) is 25.3. The van der Waals surface area contributed by atoms with Crippen LogP contribution in [0.1, 0.15) is 6.92 Å². The lowest BCUT2D eigenvalue weighted by Crippen LogP contribution is -2.37. The SMILES string of the molecule is CC1(CO)COC(=C(C#N)C#N)OC1. The number of hydrogen-bond donors (Lipinski definition) is 1. The van der Waals surface area contributed by atoms with Crippen LogP contribution in [0.25, 0.3) is 0 Å². The number of nitrogens with zero attached hydrogens (tertiary/aromatic N) is 2. The monoisotopic (exact) mass is 194 g/mol. The third kappa shape index (κ3) is 1.95. The highest BCUT2D eigenvalue weighted by molar-refractivity contribution is 5.36. The summed E-state index contributed by atoms with van der Waals surface area (Å²) in [7, 11) is 0. The molecule has 0 spiro atoms. The molecule has 0 amide bonds. The number of aliphatic hydroxyl groups is 1. The van der Waals surface area contributed by atoms with E-state index in [2.05, 4.69) is 0 Å². The molecule has 0 unspecified atom stereocenters. The first-order valence-corrected chi connectivity index (χ1v) is 4.06. The molecule has 0 aromatic carbocycles. The zero-order valence-corrected chi connectivity index (χ0v) is 7.78. The molecular formula is C9H10N2O3. The van der Waals surface area contributed by atoms with E-state index in [0.29, 0.717) is 0 Å². The highest BCUT2D eigenvalue weighted by atomic mass is 16.7. The van der Waals surface area contributed by atoms with Gasteiger partial charge in [0.2, 0.25) is 5.57 Å². The summed E-state index contributed by atoms with van der Waals surface area (Å²) in [6.07, 6.45) is 0. The Kier molecular flexibility index (Phi) is 2.95. The van der Waals surface area contributed by atoms with Crippen molar-refractivity contribution in [2.45, 2.75) is 6.92 Å². The molecule has 1 aliphatic heterocycles. The maximum atomic E-state index is 8.98. The lowest BCUT2D eigenvalue weighted by atomic mass is 9.94. The quantitative estimate of drug-likeness (QED) is 0.606. The molecule has 74 valence electrons. The van der Waals surface area contributed by atoms with Crippen LogP contribution in [0.2, 0.25) is 0 Å². The van der Waals surface area contributed by atoms with Gasteiger partial charge in [0, 0.05) is 0 Å². The second kappa shape index (κ2) is 3.99. The molecule has 5 heteroatoms. The van der Waals surface area contributed by atoms with Crippen LogP contribution in [0, 0.1) is 28.1 Å². The van der Waals surface area contributed by atoms with Gasteiger partial charge in [-0.25, -0.2) is 0 Å². The summed E-state index contributed by atoms with van der Waals surface area (Å²) >= 11 is 0. The molecule has 0 aliphatic carbocycles. The first-order valence-electron chi connectivity index (χ1n) is 4.06. The third-order valence-electron chi connectivity index (χ3n) is 1.91. The van der Waals surface area contributed by atoms with Crippen molar-refractivity contribution in [2.75, 3.05) is 19.8 Å². The van der Waals surface area contributed by atoms with Crippen LogP contribution in [0.4, 0.5) is 0 Å². The van der Waals surface area contributed by atoms with Crippen LogP contribution in [0.5, 0.6) is 0 Å². The van der Waals surface area contributed by atoms with Crippen LogP contribution in [-0.4, -0.2) is 24.9 Å². The molecule has 0 aromatic rings. The summed E-state index contributed by atoms with van der Waals surface area (Å²) in [5.41, 5.74) is -0.635. The molecule has 1 N–H and O–H groups in total. The fourth-order valence-electron chi connectivity index (χ4n) is 0.915. The molecule has 14 heavy (non-hydrogen) atoms. The molecular weight excluding hydrogens is 184 g/mol. The molecule has 1 heterocycles. The molecule has 0 radical (unpaired) electrons. The maximum absolute atomic E-state index is 8.98. The predicted molar refractivity (Wildman–Crippen MR) is 45.3 cm³/mol. The van der Waals surface area contributed by atoms with E-state index in [0.717, 1.165) is 0 Å². The number of nitriles is 2. The molecule has 5 nitrogen and oxygen atoms in total. The number of ether oxygens (including phenoxy) is 2. The summed E-state index contributed by atoms with van der Waals surface area (Å²) in [5, 5.41) is 26.0. The van der Waals surface area contributed by atoms with Gasteiger partial charge in [-0.15, -0.1) is 0 Å². The lowest BCUT2D eigenvalue weighted by molar-refractivity contribution is -0.110. The second-order valence-corrected chi connectivity index (χ2v) is 3.43. The Labute approximate surface area is 81.8 Å². The van der Waals surface area contributed by atoms with E-state index in [4.69, 9.17) is 25.1 Å². The van der Waals surface area contributed by atoms with Crippen molar-refractivity contribution in [1.82, 2.24) is 0 Å². The zero-order chi connectivity index (χ0) is 10.6. The first kappa shape index (κ1) is 10.4. The Morgan fingerprint density at radius 3 is 2.29 bits per heavy atom. The van der Waals surface area contributed by atoms with Crippen LogP contribution in [-0.2, 0) is 9.47 Å². The van der Waals surface area contributed by atoms with Crippen LogP contribution < -0.4 is 0 Å². The van der Waals surface area contributed by atoms with E-state index in [1.54, 1.807) is 19.1 Å². The predicted octanol–water partition coefficient (Wildman–Crippen LogP) is 0.291. The molecule has 0 bridgehead atoms. The van der Waals surface area contributed by atoms with Gasteiger partial charge in [0.1, 0.15) is 25.4 Å². The van der Waals surface area contributed by atoms with Crippen molar-refractivity contribution in [2.24, 2.45) is 5.41 Å². The van der Waals surface area contributed by atoms with E-state index in [-0.39, 0.29) is 31.3 Å². The van der Waals surface area contributed by atoms with E-state index >= 15 is 0 Å². The highest BCUT2D eigenvalue weighted by Gasteiger charge is 2.32. The summed E-state index contributed by atoms with van der Waals surface area (Å²) < 4.78 is 10.2. The van der Waals surface area contributed by atoms with E-state index in [9.17, 15) is 0 Å². The third-order valence-corrected chi connectivity index (χ3v) is 1.91. The lowest BCUT2D eigenvalue weighted by Gasteiger charge is -2.32. The average Bonchev–Trinajstić information content (AvgIpc) is 2.23. The summed E-state index contributed by atoms with van der Waals surface area (Å²) in [4.78, 5) is 0. The van der Waals surface area contributed by atoms with Crippen molar-refractivity contribution >= 4 is 0 Å². The molecule has 0 atom stereocenters. The van der Waals surface area contributed by atoms with Gasteiger partial charge in [0.05, 0.1) is 12.0 Å². The molecule has 0 aromatic heterocycles.